The highest BCUT2D eigenvalue weighted by Gasteiger charge is 2.18. The number of benzene rings is 2. The highest BCUT2D eigenvalue weighted by Crippen LogP contribution is 2.25. The average Bonchev–Trinajstić information content (AvgIpc) is 3.22. The van der Waals surface area contributed by atoms with Gasteiger partial charge >= 0.3 is 5.97 Å². The molecule has 0 spiro atoms. The zero-order valence-electron chi connectivity index (χ0n) is 19.1. The minimum absolute atomic E-state index is 0.231. The van der Waals surface area contributed by atoms with Gasteiger partial charge in [0, 0.05) is 12.1 Å². The van der Waals surface area contributed by atoms with E-state index in [0.29, 0.717) is 17.3 Å². The molecular formula is C25H31FN4O3. The van der Waals surface area contributed by atoms with E-state index >= 15 is 0 Å². The van der Waals surface area contributed by atoms with Crippen molar-refractivity contribution in [2.75, 3.05) is 11.9 Å². The zero-order chi connectivity index (χ0) is 23.8. The van der Waals surface area contributed by atoms with Crippen LogP contribution in [0.5, 0.6) is 0 Å². The molecule has 0 aliphatic carbocycles. The van der Waals surface area contributed by atoms with Crippen molar-refractivity contribution in [3.8, 4) is 5.69 Å². The predicted octanol–water partition coefficient (Wildman–Crippen LogP) is 4.64. The second-order valence-electron chi connectivity index (χ2n) is 8.23. The minimum Gasteiger partial charge on any atom is -0.463 e. The maximum absolute atomic E-state index is 14.7. The monoisotopic (exact) mass is 454 g/mol. The first-order valence-corrected chi connectivity index (χ1v) is 11.4. The van der Waals surface area contributed by atoms with Crippen LogP contribution in [-0.4, -0.2) is 34.3 Å². The number of anilines is 1. The molecule has 3 rings (SSSR count). The normalized spacial score (nSPS) is 12.0. The molecule has 0 radical (unpaired) electrons. The van der Waals surface area contributed by atoms with E-state index in [1.807, 2.05) is 31.2 Å². The van der Waals surface area contributed by atoms with E-state index in [9.17, 15) is 14.0 Å². The highest BCUT2D eigenvalue weighted by atomic mass is 19.1. The molecule has 3 N–H and O–H groups in total. The fourth-order valence-electron chi connectivity index (χ4n) is 3.56. The first kappa shape index (κ1) is 24.4. The summed E-state index contributed by atoms with van der Waals surface area (Å²) in [6.07, 6.45) is 6.87. The van der Waals surface area contributed by atoms with Gasteiger partial charge in [0.25, 0.3) is 0 Å². The van der Waals surface area contributed by atoms with E-state index in [-0.39, 0.29) is 18.3 Å². The van der Waals surface area contributed by atoms with Crippen LogP contribution in [0.1, 0.15) is 51.0 Å². The van der Waals surface area contributed by atoms with Crippen LogP contribution in [0.2, 0.25) is 0 Å². The summed E-state index contributed by atoms with van der Waals surface area (Å²) in [6.45, 7) is 3.86. The van der Waals surface area contributed by atoms with Crippen molar-refractivity contribution >= 4 is 28.5 Å². The summed E-state index contributed by atoms with van der Waals surface area (Å²) in [5.74, 6) is -1.44. The molecule has 0 aliphatic rings. The number of aromatic nitrogens is 2. The molecule has 176 valence electrons. The summed E-state index contributed by atoms with van der Waals surface area (Å²) in [7, 11) is 0. The summed E-state index contributed by atoms with van der Waals surface area (Å²) >= 11 is 0. The van der Waals surface area contributed by atoms with Gasteiger partial charge < -0.3 is 15.8 Å². The standard InChI is InChI=1S/C25H31FN4O3/c1-3-4-5-6-7-11-24(31)33-16-22(27)25(32)29-18-13-21(26)20-15-28-30(23(20)14-18)19-10-8-9-17(2)12-19/h8-10,12-15,22H,3-7,11,16,27H2,1-2H3,(H,29,32)/t22-/m0/s1. The molecule has 33 heavy (non-hydrogen) atoms. The van der Waals surface area contributed by atoms with Gasteiger partial charge in [-0.2, -0.15) is 5.10 Å². The van der Waals surface area contributed by atoms with Crippen LogP contribution in [0.15, 0.2) is 42.6 Å². The number of nitrogens with zero attached hydrogens (tertiary/aromatic N) is 2. The Kier molecular flexibility index (Phi) is 8.54. The summed E-state index contributed by atoms with van der Waals surface area (Å²) < 4.78 is 21.4. The molecular weight excluding hydrogens is 423 g/mol. The molecule has 0 saturated carbocycles. The number of rotatable bonds is 11. The van der Waals surface area contributed by atoms with Gasteiger partial charge in [-0.3, -0.25) is 9.59 Å². The number of ether oxygens (including phenoxy) is 1. The predicted molar refractivity (Wildman–Crippen MR) is 127 cm³/mol. The molecule has 8 heteroatoms. The first-order valence-electron chi connectivity index (χ1n) is 11.4. The molecule has 3 aromatic rings. The van der Waals surface area contributed by atoms with Gasteiger partial charge in [-0.05, 0) is 43.2 Å². The molecule has 0 aliphatic heterocycles. The number of hydrogen-bond acceptors (Lipinski definition) is 5. The average molecular weight is 455 g/mol. The number of hydrogen-bond donors (Lipinski definition) is 2. The number of carbonyl (C=O) groups excluding carboxylic acids is 2. The number of amides is 1. The van der Waals surface area contributed by atoms with E-state index in [0.717, 1.165) is 43.4 Å². The Morgan fingerprint density at radius 1 is 1.18 bits per heavy atom. The molecule has 0 unspecified atom stereocenters. The number of fused-ring (bicyclic) bond motifs is 1. The van der Waals surface area contributed by atoms with Crippen LogP contribution in [0.3, 0.4) is 0 Å². The molecule has 0 saturated heterocycles. The Balaban J connectivity index is 1.61. The Hall–Kier alpha value is -3.26. The van der Waals surface area contributed by atoms with Crippen LogP contribution in [0, 0.1) is 12.7 Å². The molecule has 0 fully saturated rings. The Bertz CT molecular complexity index is 1110. The van der Waals surface area contributed by atoms with Gasteiger partial charge in [-0.25, -0.2) is 9.07 Å². The molecule has 1 aromatic heterocycles. The number of esters is 1. The fraction of sp³-hybridized carbons (Fsp3) is 0.400. The largest absolute Gasteiger partial charge is 0.463 e. The topological polar surface area (TPSA) is 99.2 Å². The van der Waals surface area contributed by atoms with Gasteiger partial charge in [0.2, 0.25) is 5.91 Å². The lowest BCUT2D eigenvalue weighted by atomic mass is 10.1. The summed E-state index contributed by atoms with van der Waals surface area (Å²) in [5, 5.41) is 7.24. The number of unbranched alkanes of at least 4 members (excludes halogenated alkanes) is 4. The third-order valence-electron chi connectivity index (χ3n) is 5.40. The zero-order valence-corrected chi connectivity index (χ0v) is 19.1. The molecule has 1 atom stereocenters. The van der Waals surface area contributed by atoms with E-state index in [2.05, 4.69) is 17.3 Å². The fourth-order valence-corrected chi connectivity index (χ4v) is 3.56. The number of nitrogens with two attached hydrogens (primary N) is 1. The minimum atomic E-state index is -1.06. The maximum atomic E-state index is 14.7. The number of aryl methyl sites for hydroxylation is 1. The van der Waals surface area contributed by atoms with Crippen molar-refractivity contribution in [2.45, 2.75) is 58.4 Å². The second kappa shape index (κ2) is 11.6. The Labute approximate surface area is 193 Å². The number of nitrogens with one attached hydrogen (secondary N) is 1. The van der Waals surface area contributed by atoms with Gasteiger partial charge in [0.15, 0.2) is 0 Å². The van der Waals surface area contributed by atoms with Crippen molar-refractivity contribution < 1.29 is 18.7 Å². The van der Waals surface area contributed by atoms with Crippen molar-refractivity contribution in [1.82, 2.24) is 9.78 Å². The van der Waals surface area contributed by atoms with Gasteiger partial charge in [-0.1, -0.05) is 44.7 Å². The molecule has 1 heterocycles. The van der Waals surface area contributed by atoms with Crippen molar-refractivity contribution in [2.24, 2.45) is 5.73 Å². The molecule has 1 amide bonds. The summed E-state index contributed by atoms with van der Waals surface area (Å²) in [5.41, 5.74) is 8.46. The van der Waals surface area contributed by atoms with Crippen LogP contribution >= 0.6 is 0 Å². The number of halogens is 1. The van der Waals surface area contributed by atoms with Crippen LogP contribution in [-0.2, 0) is 14.3 Å². The van der Waals surface area contributed by atoms with Crippen LogP contribution in [0.4, 0.5) is 10.1 Å². The Morgan fingerprint density at radius 2 is 1.97 bits per heavy atom. The highest BCUT2D eigenvalue weighted by molar-refractivity contribution is 5.97. The lowest BCUT2D eigenvalue weighted by Gasteiger charge is -2.13. The first-order chi connectivity index (χ1) is 15.9. The van der Waals surface area contributed by atoms with E-state index in [1.165, 1.54) is 12.3 Å². The molecule has 0 bridgehead atoms. The third-order valence-corrected chi connectivity index (χ3v) is 5.40. The van der Waals surface area contributed by atoms with Crippen molar-refractivity contribution in [3.63, 3.8) is 0 Å². The lowest BCUT2D eigenvalue weighted by Crippen LogP contribution is -2.40. The number of carbonyl (C=O) groups is 2. The summed E-state index contributed by atoms with van der Waals surface area (Å²) in [4.78, 5) is 24.3. The molecule has 2 aromatic carbocycles. The second-order valence-corrected chi connectivity index (χ2v) is 8.23. The van der Waals surface area contributed by atoms with Gasteiger partial charge in [0.1, 0.15) is 18.5 Å². The maximum Gasteiger partial charge on any atom is 0.305 e. The smallest absolute Gasteiger partial charge is 0.305 e. The van der Waals surface area contributed by atoms with Crippen LogP contribution in [0.25, 0.3) is 16.6 Å². The van der Waals surface area contributed by atoms with Crippen LogP contribution < -0.4 is 11.1 Å². The lowest BCUT2D eigenvalue weighted by molar-refractivity contribution is -0.144. The van der Waals surface area contributed by atoms with Gasteiger partial charge in [0.05, 0.1) is 22.8 Å². The third kappa shape index (κ3) is 6.61. The quantitative estimate of drug-likeness (QED) is 0.325. The van der Waals surface area contributed by atoms with E-state index in [1.54, 1.807) is 10.7 Å². The van der Waals surface area contributed by atoms with E-state index < -0.39 is 17.8 Å². The summed E-state index contributed by atoms with van der Waals surface area (Å²) in [6, 6.07) is 9.46. The van der Waals surface area contributed by atoms with Gasteiger partial charge in [-0.15, -0.1) is 0 Å². The molecule has 7 nitrogen and oxygen atoms in total. The Morgan fingerprint density at radius 3 is 2.73 bits per heavy atom. The van der Waals surface area contributed by atoms with Crippen molar-refractivity contribution in [3.05, 3.63) is 54.0 Å². The van der Waals surface area contributed by atoms with E-state index in [4.69, 9.17) is 10.5 Å². The SMILES string of the molecule is CCCCCCCC(=O)OC[C@H](N)C(=O)Nc1cc(F)c2cnn(-c3cccc(C)c3)c2c1. The van der Waals surface area contributed by atoms with Crippen molar-refractivity contribution in [1.29, 1.82) is 0 Å².